The van der Waals surface area contributed by atoms with Crippen molar-refractivity contribution in [2.75, 3.05) is 6.54 Å². The molecule has 188 valence electrons. The molecular formula is C24H19F5N4O3. The molecule has 2 aromatic carbocycles. The maximum absolute atomic E-state index is 13.6. The van der Waals surface area contributed by atoms with Gasteiger partial charge in [0.25, 0.3) is 17.7 Å². The van der Waals surface area contributed by atoms with E-state index in [1.807, 2.05) is 0 Å². The summed E-state index contributed by atoms with van der Waals surface area (Å²) in [6.45, 7) is 0.226. The number of alkyl halides is 4. The number of likely N-dealkylation sites (tertiary alicyclic amines) is 1. The van der Waals surface area contributed by atoms with E-state index in [1.54, 1.807) is 12.1 Å². The summed E-state index contributed by atoms with van der Waals surface area (Å²) in [5.74, 6) is -3.30. The fourth-order valence-electron chi connectivity index (χ4n) is 4.90. The Morgan fingerprint density at radius 3 is 2.47 bits per heavy atom. The molecular weight excluding hydrogens is 487 g/mol. The normalized spacial score (nSPS) is 19.9. The molecule has 1 aromatic heterocycles. The van der Waals surface area contributed by atoms with Crippen molar-refractivity contribution in [2.24, 2.45) is 0 Å². The smallest absolute Gasteiger partial charge is 0.315 e. The summed E-state index contributed by atoms with van der Waals surface area (Å²) >= 11 is 0. The van der Waals surface area contributed by atoms with Crippen LogP contribution in [0.5, 0.6) is 0 Å². The number of fused-ring (bicyclic) bond motifs is 1. The van der Waals surface area contributed by atoms with Gasteiger partial charge in [-0.1, -0.05) is 18.2 Å². The average molecular weight is 506 g/mol. The monoisotopic (exact) mass is 506 g/mol. The number of hydrogen-bond donors (Lipinski definition) is 0. The largest absolute Gasteiger partial charge is 0.415 e. The summed E-state index contributed by atoms with van der Waals surface area (Å²) in [6, 6.07) is 8.30. The van der Waals surface area contributed by atoms with Crippen LogP contribution in [-0.2, 0) is 11.3 Å². The molecule has 0 spiro atoms. The van der Waals surface area contributed by atoms with Crippen LogP contribution in [0.4, 0.5) is 22.0 Å². The molecule has 2 aliphatic rings. The predicted molar refractivity (Wildman–Crippen MR) is 114 cm³/mol. The second-order valence-electron chi connectivity index (χ2n) is 8.59. The first-order chi connectivity index (χ1) is 17.2. The van der Waals surface area contributed by atoms with Crippen molar-refractivity contribution in [1.29, 1.82) is 0 Å². The molecule has 7 nitrogen and oxygen atoms in total. The zero-order valence-corrected chi connectivity index (χ0v) is 18.6. The first-order valence-corrected chi connectivity index (χ1v) is 11.1. The summed E-state index contributed by atoms with van der Waals surface area (Å²) < 4.78 is 71.0. The van der Waals surface area contributed by atoms with Gasteiger partial charge in [-0.15, -0.1) is 10.2 Å². The van der Waals surface area contributed by atoms with Crippen molar-refractivity contribution >= 4 is 11.8 Å². The van der Waals surface area contributed by atoms with Gasteiger partial charge in [0, 0.05) is 24.2 Å². The fraction of sp³-hybridized carbons (Fsp3) is 0.333. The molecule has 3 aromatic rings. The minimum absolute atomic E-state index is 0.0739. The molecule has 5 rings (SSSR count). The summed E-state index contributed by atoms with van der Waals surface area (Å²) in [6.07, 6.45) is -5.34. The minimum atomic E-state index is -3.23. The molecule has 1 fully saturated rings. The van der Waals surface area contributed by atoms with E-state index < -0.39 is 48.5 Å². The van der Waals surface area contributed by atoms with Crippen LogP contribution in [0.3, 0.4) is 0 Å². The highest BCUT2D eigenvalue weighted by Crippen LogP contribution is 2.40. The maximum atomic E-state index is 13.6. The van der Waals surface area contributed by atoms with E-state index in [-0.39, 0.29) is 30.1 Å². The first-order valence-electron chi connectivity index (χ1n) is 11.1. The molecule has 1 saturated heterocycles. The van der Waals surface area contributed by atoms with E-state index in [2.05, 4.69) is 10.2 Å². The lowest BCUT2D eigenvalue weighted by molar-refractivity contribution is -0.149. The summed E-state index contributed by atoms with van der Waals surface area (Å²) in [4.78, 5) is 28.4. The van der Waals surface area contributed by atoms with E-state index >= 15 is 0 Å². The number of carbonyl (C=O) groups excluding carboxylic acids is 2. The Morgan fingerprint density at radius 1 is 1.06 bits per heavy atom. The Balaban J connectivity index is 1.48. The maximum Gasteiger partial charge on any atom is 0.315 e. The molecule has 2 amide bonds. The Hall–Kier alpha value is -3.83. The van der Waals surface area contributed by atoms with Gasteiger partial charge in [0.1, 0.15) is 5.82 Å². The molecule has 0 unspecified atom stereocenters. The van der Waals surface area contributed by atoms with Crippen LogP contribution in [0.2, 0.25) is 0 Å². The van der Waals surface area contributed by atoms with E-state index in [4.69, 9.17) is 4.42 Å². The minimum Gasteiger partial charge on any atom is -0.415 e. The summed E-state index contributed by atoms with van der Waals surface area (Å²) in [5, 5.41) is 6.90. The van der Waals surface area contributed by atoms with Gasteiger partial charge in [-0.05, 0) is 48.2 Å². The third-order valence-corrected chi connectivity index (χ3v) is 6.50. The molecule has 12 heteroatoms. The van der Waals surface area contributed by atoms with Gasteiger partial charge < -0.3 is 14.2 Å². The third kappa shape index (κ3) is 4.20. The van der Waals surface area contributed by atoms with Crippen molar-refractivity contribution in [3.63, 3.8) is 0 Å². The first kappa shape index (κ1) is 23.9. The molecule has 0 radical (unpaired) electrons. The molecule has 2 aliphatic heterocycles. The number of piperidine rings is 1. The van der Waals surface area contributed by atoms with Gasteiger partial charge in [-0.2, -0.15) is 17.6 Å². The molecule has 36 heavy (non-hydrogen) atoms. The number of rotatable bonds is 5. The van der Waals surface area contributed by atoms with Gasteiger partial charge >= 0.3 is 12.9 Å². The van der Waals surface area contributed by atoms with Crippen LogP contribution in [0.1, 0.15) is 52.7 Å². The number of benzene rings is 2. The standard InChI is InChI=1S/C24H19F5N4O3/c25-15-7-5-12(6-8-15)18-17(2-1-9-32(18)24(35)20(28)29)33-11-14-4-3-13(10-16(14)23(33)34)21-30-31-22(36-21)19(26)27/h3-8,10,17-20H,1-2,9,11H2/t17-,18-/m1/s1. The van der Waals surface area contributed by atoms with Crippen LogP contribution in [0.15, 0.2) is 46.9 Å². The van der Waals surface area contributed by atoms with Crippen molar-refractivity contribution in [2.45, 2.75) is 44.3 Å². The van der Waals surface area contributed by atoms with Crippen LogP contribution < -0.4 is 0 Å². The second-order valence-corrected chi connectivity index (χ2v) is 8.59. The van der Waals surface area contributed by atoms with Crippen molar-refractivity contribution in [3.8, 4) is 11.5 Å². The van der Waals surface area contributed by atoms with E-state index in [1.165, 1.54) is 35.2 Å². The Kier molecular flexibility index (Phi) is 6.19. The third-order valence-electron chi connectivity index (χ3n) is 6.50. The SMILES string of the molecule is O=C1c2cc(-c3nnc(C(F)F)o3)ccc2CN1[C@@H]1CCCN(C(=O)C(F)F)[C@@H]1c1ccc(F)cc1. The summed E-state index contributed by atoms with van der Waals surface area (Å²) in [7, 11) is 0. The number of nitrogens with zero attached hydrogens (tertiary/aromatic N) is 4. The Bertz CT molecular complexity index is 1300. The van der Waals surface area contributed by atoms with E-state index in [0.29, 0.717) is 24.0 Å². The zero-order valence-electron chi connectivity index (χ0n) is 18.6. The highest BCUT2D eigenvalue weighted by Gasteiger charge is 2.44. The van der Waals surface area contributed by atoms with Crippen LogP contribution in [-0.4, -0.2) is 50.8 Å². The second kappa shape index (κ2) is 9.32. The van der Waals surface area contributed by atoms with E-state index in [0.717, 1.165) is 4.90 Å². The molecule has 2 atom stereocenters. The quantitative estimate of drug-likeness (QED) is 0.466. The molecule has 0 saturated carbocycles. The van der Waals surface area contributed by atoms with Gasteiger partial charge in [0.2, 0.25) is 5.89 Å². The highest BCUT2D eigenvalue weighted by molar-refractivity contribution is 5.99. The van der Waals surface area contributed by atoms with Crippen molar-refractivity contribution in [3.05, 3.63) is 70.9 Å². The number of halogens is 5. The number of hydrogen-bond acceptors (Lipinski definition) is 5. The predicted octanol–water partition coefficient (Wildman–Crippen LogP) is 4.77. The lowest BCUT2D eigenvalue weighted by Gasteiger charge is -2.45. The van der Waals surface area contributed by atoms with Crippen molar-refractivity contribution < 1.29 is 36.0 Å². The fourth-order valence-corrected chi connectivity index (χ4v) is 4.90. The average Bonchev–Trinajstić information content (AvgIpc) is 3.49. The molecule has 0 bridgehead atoms. The topological polar surface area (TPSA) is 79.5 Å². The van der Waals surface area contributed by atoms with Gasteiger partial charge in [0.05, 0.1) is 12.1 Å². The summed E-state index contributed by atoms with van der Waals surface area (Å²) in [5.41, 5.74) is 1.62. The van der Waals surface area contributed by atoms with Crippen LogP contribution >= 0.6 is 0 Å². The lowest BCUT2D eigenvalue weighted by atomic mass is 9.89. The van der Waals surface area contributed by atoms with Gasteiger partial charge in [-0.25, -0.2) is 4.39 Å². The van der Waals surface area contributed by atoms with Gasteiger partial charge in [-0.3, -0.25) is 9.59 Å². The van der Waals surface area contributed by atoms with Crippen LogP contribution in [0.25, 0.3) is 11.5 Å². The molecule has 0 aliphatic carbocycles. The number of carbonyl (C=O) groups is 2. The lowest BCUT2D eigenvalue weighted by Crippen LogP contribution is -2.53. The van der Waals surface area contributed by atoms with Crippen molar-refractivity contribution in [1.82, 2.24) is 20.0 Å². The zero-order chi connectivity index (χ0) is 25.6. The molecule has 0 N–H and O–H groups in total. The van der Waals surface area contributed by atoms with Crippen LogP contribution in [0, 0.1) is 5.82 Å². The van der Waals surface area contributed by atoms with E-state index in [9.17, 15) is 31.5 Å². The highest BCUT2D eigenvalue weighted by atomic mass is 19.3. The number of amides is 2. The number of aromatic nitrogens is 2. The Morgan fingerprint density at radius 2 is 1.81 bits per heavy atom. The Labute approximate surface area is 201 Å². The molecule has 3 heterocycles. The van der Waals surface area contributed by atoms with Gasteiger partial charge in [0.15, 0.2) is 0 Å².